The fourth-order valence-corrected chi connectivity index (χ4v) is 2.01. The molecule has 0 saturated carbocycles. The van der Waals surface area contributed by atoms with Gasteiger partial charge in [-0.05, 0) is 19.8 Å². The lowest BCUT2D eigenvalue weighted by molar-refractivity contribution is 0.0891. The molecule has 2 heterocycles. The minimum Gasteiger partial charge on any atom is -0.349 e. The van der Waals surface area contributed by atoms with E-state index in [4.69, 9.17) is 0 Å². The van der Waals surface area contributed by atoms with Crippen molar-refractivity contribution in [3.8, 4) is 0 Å². The van der Waals surface area contributed by atoms with Crippen molar-refractivity contribution in [2.75, 3.05) is 6.54 Å². The Morgan fingerprint density at radius 3 is 1.84 bits per heavy atom. The molecule has 0 fully saturated rings. The summed E-state index contributed by atoms with van der Waals surface area (Å²) in [6, 6.07) is -0.252. The van der Waals surface area contributed by atoms with Crippen LogP contribution in [0.2, 0.25) is 0 Å². The highest BCUT2D eigenvalue weighted by atomic mass is 16.2. The van der Waals surface area contributed by atoms with Crippen LogP contribution in [0.25, 0.3) is 0 Å². The second-order valence-corrected chi connectivity index (χ2v) is 6.12. The van der Waals surface area contributed by atoms with Crippen LogP contribution in [0, 0.1) is 19.8 Å². The fraction of sp³-hybridized carbons (Fsp3) is 0.412. The molecule has 2 aromatic heterocycles. The lowest BCUT2D eigenvalue weighted by Gasteiger charge is -2.22. The maximum Gasteiger partial charge on any atom is 0.271 e. The zero-order valence-electron chi connectivity index (χ0n) is 14.8. The Bertz CT molecular complexity index is 728. The second-order valence-electron chi connectivity index (χ2n) is 6.12. The summed E-state index contributed by atoms with van der Waals surface area (Å²) in [5, 5.41) is 5.65. The molecule has 0 aliphatic carbocycles. The van der Waals surface area contributed by atoms with Crippen LogP contribution in [-0.4, -0.2) is 44.3 Å². The average molecular weight is 342 g/mol. The van der Waals surface area contributed by atoms with Gasteiger partial charge in [0.15, 0.2) is 0 Å². The first-order chi connectivity index (χ1) is 11.9. The van der Waals surface area contributed by atoms with Crippen molar-refractivity contribution < 1.29 is 9.59 Å². The number of nitrogens with zero attached hydrogens (tertiary/aromatic N) is 4. The lowest BCUT2D eigenvalue weighted by Crippen LogP contribution is -2.47. The van der Waals surface area contributed by atoms with Gasteiger partial charge in [0.05, 0.1) is 23.8 Å². The van der Waals surface area contributed by atoms with Crippen molar-refractivity contribution in [2.24, 2.45) is 5.92 Å². The van der Waals surface area contributed by atoms with E-state index in [0.717, 1.165) is 11.4 Å². The number of amides is 2. The van der Waals surface area contributed by atoms with E-state index >= 15 is 0 Å². The van der Waals surface area contributed by atoms with Crippen LogP contribution < -0.4 is 10.6 Å². The maximum absolute atomic E-state index is 12.3. The second kappa shape index (κ2) is 8.27. The third-order valence-corrected chi connectivity index (χ3v) is 3.63. The van der Waals surface area contributed by atoms with Gasteiger partial charge in [-0.3, -0.25) is 19.6 Å². The van der Waals surface area contributed by atoms with Crippen LogP contribution in [0.15, 0.2) is 24.8 Å². The summed E-state index contributed by atoms with van der Waals surface area (Å²) < 4.78 is 0. The van der Waals surface area contributed by atoms with Crippen molar-refractivity contribution in [1.82, 2.24) is 30.6 Å². The highest BCUT2D eigenvalue weighted by Crippen LogP contribution is 2.03. The van der Waals surface area contributed by atoms with Gasteiger partial charge in [-0.1, -0.05) is 13.8 Å². The van der Waals surface area contributed by atoms with Crippen LogP contribution in [0.4, 0.5) is 0 Å². The zero-order valence-corrected chi connectivity index (χ0v) is 14.8. The number of carbonyl (C=O) groups is 2. The molecule has 1 atom stereocenters. The van der Waals surface area contributed by atoms with Crippen LogP contribution >= 0.6 is 0 Å². The van der Waals surface area contributed by atoms with Gasteiger partial charge in [0.2, 0.25) is 0 Å². The van der Waals surface area contributed by atoms with Crippen LogP contribution in [0.1, 0.15) is 46.2 Å². The number of hydrogen-bond donors (Lipinski definition) is 2. The van der Waals surface area contributed by atoms with Crippen molar-refractivity contribution in [3.05, 3.63) is 47.6 Å². The summed E-state index contributed by atoms with van der Waals surface area (Å²) in [6.45, 7) is 7.80. The van der Waals surface area contributed by atoms with Crippen LogP contribution in [0.3, 0.4) is 0 Å². The maximum atomic E-state index is 12.3. The van der Waals surface area contributed by atoms with E-state index in [-0.39, 0.29) is 41.7 Å². The molecule has 8 heteroatoms. The normalized spacial score (nSPS) is 11.9. The predicted octanol–water partition coefficient (Wildman–Crippen LogP) is 1.07. The molecule has 0 aromatic carbocycles. The minimum atomic E-state index is -0.331. The summed E-state index contributed by atoms with van der Waals surface area (Å²) in [5.41, 5.74) is 1.96. The predicted molar refractivity (Wildman–Crippen MR) is 92.0 cm³/mol. The average Bonchev–Trinajstić information content (AvgIpc) is 2.59. The van der Waals surface area contributed by atoms with Gasteiger partial charge < -0.3 is 10.6 Å². The Morgan fingerprint density at radius 2 is 1.40 bits per heavy atom. The highest BCUT2D eigenvalue weighted by molar-refractivity contribution is 5.93. The van der Waals surface area contributed by atoms with Crippen molar-refractivity contribution in [1.29, 1.82) is 0 Å². The quantitative estimate of drug-likeness (QED) is 0.812. The zero-order chi connectivity index (χ0) is 18.4. The Kier molecular flexibility index (Phi) is 6.10. The van der Waals surface area contributed by atoms with Crippen LogP contribution in [-0.2, 0) is 0 Å². The van der Waals surface area contributed by atoms with Gasteiger partial charge in [0.1, 0.15) is 11.4 Å². The van der Waals surface area contributed by atoms with Crippen molar-refractivity contribution >= 4 is 11.8 Å². The number of rotatable bonds is 6. The number of aromatic nitrogens is 4. The highest BCUT2D eigenvalue weighted by Gasteiger charge is 2.19. The summed E-state index contributed by atoms with van der Waals surface area (Å²) in [5.74, 6) is -0.537. The Balaban J connectivity index is 1.96. The summed E-state index contributed by atoms with van der Waals surface area (Å²) in [7, 11) is 0. The molecule has 25 heavy (non-hydrogen) atoms. The molecule has 2 N–H and O–H groups in total. The van der Waals surface area contributed by atoms with Gasteiger partial charge in [-0.2, -0.15) is 0 Å². The molecule has 0 spiro atoms. The fourth-order valence-electron chi connectivity index (χ4n) is 2.01. The van der Waals surface area contributed by atoms with Crippen molar-refractivity contribution in [2.45, 2.75) is 33.7 Å². The van der Waals surface area contributed by atoms with Gasteiger partial charge >= 0.3 is 0 Å². The monoisotopic (exact) mass is 342 g/mol. The lowest BCUT2D eigenvalue weighted by atomic mass is 10.0. The van der Waals surface area contributed by atoms with E-state index in [1.54, 1.807) is 13.8 Å². The van der Waals surface area contributed by atoms with E-state index < -0.39 is 0 Å². The third-order valence-electron chi connectivity index (χ3n) is 3.63. The Labute approximate surface area is 146 Å². The van der Waals surface area contributed by atoms with E-state index in [2.05, 4.69) is 30.6 Å². The molecule has 2 aromatic rings. The standard InChI is InChI=1S/C17H22N6O2/c1-10(2)13(23-17(25)15-9-19-12(4)6-21-15)7-22-16(24)14-8-18-11(3)5-20-14/h5-6,8-10,13H,7H2,1-4H3,(H,22,24)(H,23,25). The van der Waals surface area contributed by atoms with E-state index in [1.807, 2.05) is 13.8 Å². The molecule has 0 radical (unpaired) electrons. The molecular weight excluding hydrogens is 320 g/mol. The van der Waals surface area contributed by atoms with E-state index in [1.165, 1.54) is 24.8 Å². The van der Waals surface area contributed by atoms with Gasteiger partial charge in [-0.25, -0.2) is 9.97 Å². The third kappa shape index (κ3) is 5.30. The number of nitrogens with one attached hydrogen (secondary N) is 2. The number of aryl methyl sites for hydroxylation is 2. The topological polar surface area (TPSA) is 110 Å². The summed E-state index contributed by atoms with van der Waals surface area (Å²) >= 11 is 0. The smallest absolute Gasteiger partial charge is 0.271 e. The molecule has 0 aliphatic heterocycles. The molecule has 0 saturated heterocycles. The van der Waals surface area contributed by atoms with Gasteiger partial charge in [0, 0.05) is 25.0 Å². The van der Waals surface area contributed by atoms with Gasteiger partial charge in [-0.15, -0.1) is 0 Å². The minimum absolute atomic E-state index is 0.117. The van der Waals surface area contributed by atoms with E-state index in [9.17, 15) is 9.59 Å². The molecule has 1 unspecified atom stereocenters. The molecule has 0 bridgehead atoms. The SMILES string of the molecule is Cc1cnc(C(=O)NCC(NC(=O)c2cnc(C)cn2)C(C)C)cn1. The van der Waals surface area contributed by atoms with E-state index in [0.29, 0.717) is 0 Å². The molecule has 2 rings (SSSR count). The van der Waals surface area contributed by atoms with Crippen LogP contribution in [0.5, 0.6) is 0 Å². The van der Waals surface area contributed by atoms with Gasteiger partial charge in [0.25, 0.3) is 11.8 Å². The molecule has 0 aliphatic rings. The molecule has 2 amide bonds. The summed E-state index contributed by atoms with van der Waals surface area (Å²) in [6.07, 6.45) is 5.93. The first kappa shape index (κ1) is 18.4. The van der Waals surface area contributed by atoms with Crippen molar-refractivity contribution in [3.63, 3.8) is 0 Å². The first-order valence-corrected chi connectivity index (χ1v) is 8.03. The first-order valence-electron chi connectivity index (χ1n) is 8.03. The number of carbonyl (C=O) groups excluding carboxylic acids is 2. The molecule has 132 valence electrons. The molecule has 8 nitrogen and oxygen atoms in total. The summed E-state index contributed by atoms with van der Waals surface area (Å²) in [4.78, 5) is 40.6. The Hall–Kier alpha value is -2.90. The molecular formula is C17H22N6O2. The largest absolute Gasteiger partial charge is 0.349 e. The number of hydrogen-bond acceptors (Lipinski definition) is 6. The Morgan fingerprint density at radius 1 is 0.880 bits per heavy atom.